The number of fused-ring (bicyclic) bond motifs is 1. The van der Waals surface area contributed by atoms with Crippen molar-refractivity contribution in [3.8, 4) is 5.75 Å². The van der Waals surface area contributed by atoms with Crippen molar-refractivity contribution in [3.05, 3.63) is 29.0 Å². The largest absolute Gasteiger partial charge is 0.496 e. The van der Waals surface area contributed by atoms with Crippen LogP contribution in [0.1, 0.15) is 29.7 Å². The Morgan fingerprint density at radius 3 is 2.81 bits per heavy atom. The van der Waals surface area contributed by atoms with E-state index in [0.717, 1.165) is 36.1 Å². The Hall–Kier alpha value is -1.97. The lowest BCUT2D eigenvalue weighted by Gasteiger charge is -2.07. The van der Waals surface area contributed by atoms with E-state index in [0.29, 0.717) is 6.54 Å². The fourth-order valence-corrected chi connectivity index (χ4v) is 2.86. The number of carbonyl (C=O) groups excluding carboxylic acids is 1. The summed E-state index contributed by atoms with van der Waals surface area (Å²) in [5, 5.41) is 4.22. The van der Waals surface area contributed by atoms with Crippen molar-refractivity contribution in [2.45, 2.75) is 33.1 Å². The highest BCUT2D eigenvalue weighted by Gasteiger charge is 2.29. The number of hydrogen-bond acceptors (Lipinski definition) is 2. The third kappa shape index (κ3) is 2.75. The first-order valence-electron chi connectivity index (χ1n) is 7.53. The van der Waals surface area contributed by atoms with Crippen LogP contribution in [0.25, 0.3) is 10.9 Å². The van der Waals surface area contributed by atoms with E-state index < -0.39 is 0 Å². The van der Waals surface area contributed by atoms with Crippen molar-refractivity contribution < 1.29 is 9.53 Å². The highest BCUT2D eigenvalue weighted by atomic mass is 16.5. The maximum absolute atomic E-state index is 11.7. The molecule has 0 spiro atoms. The van der Waals surface area contributed by atoms with E-state index >= 15 is 0 Å². The summed E-state index contributed by atoms with van der Waals surface area (Å²) in [5.41, 5.74) is 4.69. The Bertz CT molecular complexity index is 684. The van der Waals surface area contributed by atoms with Gasteiger partial charge in [0, 0.05) is 29.1 Å². The number of nitrogens with one attached hydrogen (secondary N) is 2. The van der Waals surface area contributed by atoms with Gasteiger partial charge in [0.1, 0.15) is 5.75 Å². The van der Waals surface area contributed by atoms with E-state index in [-0.39, 0.29) is 11.8 Å². The molecule has 3 rings (SSSR count). The Balaban J connectivity index is 1.79. The summed E-state index contributed by atoms with van der Waals surface area (Å²) in [6, 6.07) is 4.21. The smallest absolute Gasteiger partial charge is 0.223 e. The van der Waals surface area contributed by atoms with Crippen LogP contribution >= 0.6 is 0 Å². The number of aryl methyl sites for hydroxylation is 2. The Morgan fingerprint density at radius 1 is 1.38 bits per heavy atom. The summed E-state index contributed by atoms with van der Waals surface area (Å²) in [6.07, 6.45) is 2.94. The van der Waals surface area contributed by atoms with Gasteiger partial charge in [-0.2, -0.15) is 0 Å². The minimum absolute atomic E-state index is 0.209. The average molecular weight is 286 g/mol. The van der Waals surface area contributed by atoms with Crippen LogP contribution in [0.5, 0.6) is 5.75 Å². The Kier molecular flexibility index (Phi) is 3.62. The lowest BCUT2D eigenvalue weighted by Crippen LogP contribution is -2.27. The van der Waals surface area contributed by atoms with E-state index in [1.54, 1.807) is 7.11 Å². The van der Waals surface area contributed by atoms with Gasteiger partial charge in [0.05, 0.1) is 7.11 Å². The van der Waals surface area contributed by atoms with Crippen LogP contribution in [0.15, 0.2) is 12.1 Å². The molecule has 0 unspecified atom stereocenters. The zero-order valence-corrected chi connectivity index (χ0v) is 12.9. The van der Waals surface area contributed by atoms with Gasteiger partial charge >= 0.3 is 0 Å². The normalized spacial score (nSPS) is 14.4. The molecule has 0 bridgehead atoms. The summed E-state index contributed by atoms with van der Waals surface area (Å²) in [6.45, 7) is 4.82. The van der Waals surface area contributed by atoms with E-state index in [9.17, 15) is 4.79 Å². The number of carbonyl (C=O) groups is 1. The monoisotopic (exact) mass is 286 g/mol. The molecule has 112 valence electrons. The van der Waals surface area contributed by atoms with Gasteiger partial charge in [0.2, 0.25) is 5.91 Å². The minimum Gasteiger partial charge on any atom is -0.496 e. The van der Waals surface area contributed by atoms with Gasteiger partial charge in [-0.15, -0.1) is 0 Å². The number of rotatable bonds is 5. The molecular formula is C17H22N2O2. The second kappa shape index (κ2) is 5.43. The van der Waals surface area contributed by atoms with Crippen molar-refractivity contribution >= 4 is 16.8 Å². The first-order chi connectivity index (χ1) is 10.1. The summed E-state index contributed by atoms with van der Waals surface area (Å²) < 4.78 is 5.42. The molecule has 0 atom stereocenters. The SMILES string of the molecule is COc1cc2c(CCNC(=O)C3CC3)c(C)[nH]c2cc1C. The molecular weight excluding hydrogens is 264 g/mol. The Labute approximate surface area is 124 Å². The third-order valence-electron chi connectivity index (χ3n) is 4.26. The number of hydrogen-bond donors (Lipinski definition) is 2. The minimum atomic E-state index is 0.209. The molecule has 1 saturated carbocycles. The fourth-order valence-electron chi connectivity index (χ4n) is 2.86. The van der Waals surface area contributed by atoms with E-state index in [2.05, 4.69) is 29.4 Å². The molecule has 4 heteroatoms. The summed E-state index contributed by atoms with van der Waals surface area (Å²) >= 11 is 0. The first kappa shape index (κ1) is 14.0. The number of methoxy groups -OCH3 is 1. The van der Waals surface area contributed by atoms with Crippen molar-refractivity contribution in [1.29, 1.82) is 0 Å². The topological polar surface area (TPSA) is 54.1 Å². The van der Waals surface area contributed by atoms with Crippen LogP contribution < -0.4 is 10.1 Å². The van der Waals surface area contributed by atoms with E-state index in [1.165, 1.54) is 16.6 Å². The summed E-state index contributed by atoms with van der Waals surface area (Å²) in [5.74, 6) is 1.39. The predicted molar refractivity (Wildman–Crippen MR) is 83.8 cm³/mol. The van der Waals surface area contributed by atoms with E-state index in [1.807, 2.05) is 6.92 Å². The van der Waals surface area contributed by atoms with Crippen LogP contribution in [0.3, 0.4) is 0 Å². The zero-order chi connectivity index (χ0) is 15.0. The van der Waals surface area contributed by atoms with Crippen molar-refractivity contribution in [2.24, 2.45) is 5.92 Å². The number of H-pyrrole nitrogens is 1. The third-order valence-corrected chi connectivity index (χ3v) is 4.26. The molecule has 21 heavy (non-hydrogen) atoms. The molecule has 1 aromatic carbocycles. The molecule has 0 radical (unpaired) electrons. The van der Waals surface area contributed by atoms with Crippen molar-refractivity contribution in [1.82, 2.24) is 10.3 Å². The molecule has 1 aromatic heterocycles. The van der Waals surface area contributed by atoms with Crippen molar-refractivity contribution in [3.63, 3.8) is 0 Å². The lowest BCUT2D eigenvalue weighted by atomic mass is 10.1. The van der Waals surface area contributed by atoms with Gasteiger partial charge in [-0.1, -0.05) is 0 Å². The number of benzene rings is 1. The second-order valence-electron chi connectivity index (χ2n) is 5.91. The molecule has 1 fully saturated rings. The van der Waals surface area contributed by atoms with Crippen LogP contribution in [0, 0.1) is 19.8 Å². The number of amides is 1. The molecule has 2 N–H and O–H groups in total. The fraction of sp³-hybridized carbons (Fsp3) is 0.471. The number of aromatic nitrogens is 1. The van der Waals surface area contributed by atoms with Crippen LogP contribution in [0.2, 0.25) is 0 Å². The number of aromatic amines is 1. The molecule has 2 aromatic rings. The molecule has 0 saturated heterocycles. The average Bonchev–Trinajstić information content (AvgIpc) is 3.25. The van der Waals surface area contributed by atoms with Gasteiger partial charge in [-0.3, -0.25) is 4.79 Å². The quantitative estimate of drug-likeness (QED) is 0.888. The molecule has 1 heterocycles. The zero-order valence-electron chi connectivity index (χ0n) is 12.9. The number of ether oxygens (including phenoxy) is 1. The lowest BCUT2D eigenvalue weighted by molar-refractivity contribution is -0.122. The predicted octanol–water partition coefficient (Wildman–Crippen LogP) is 2.86. The van der Waals surface area contributed by atoms with Crippen LogP contribution in [0.4, 0.5) is 0 Å². The molecule has 1 amide bonds. The van der Waals surface area contributed by atoms with Gasteiger partial charge < -0.3 is 15.0 Å². The Morgan fingerprint density at radius 2 is 2.14 bits per heavy atom. The van der Waals surface area contributed by atoms with E-state index in [4.69, 9.17) is 4.74 Å². The maximum Gasteiger partial charge on any atom is 0.223 e. The highest BCUT2D eigenvalue weighted by Crippen LogP contribution is 2.30. The van der Waals surface area contributed by atoms with Gasteiger partial charge in [0.15, 0.2) is 0 Å². The highest BCUT2D eigenvalue weighted by molar-refractivity contribution is 5.87. The summed E-state index contributed by atoms with van der Waals surface area (Å²) in [4.78, 5) is 15.1. The maximum atomic E-state index is 11.7. The standard InChI is InChI=1S/C17H22N2O2/c1-10-8-15-14(9-16(10)21-3)13(11(2)19-15)6-7-18-17(20)12-4-5-12/h8-9,12,19H,4-7H2,1-3H3,(H,18,20). The first-order valence-corrected chi connectivity index (χ1v) is 7.53. The molecule has 4 nitrogen and oxygen atoms in total. The van der Waals surface area contributed by atoms with Gasteiger partial charge in [0.25, 0.3) is 0 Å². The molecule has 1 aliphatic rings. The van der Waals surface area contributed by atoms with Crippen LogP contribution in [-0.4, -0.2) is 24.5 Å². The van der Waals surface area contributed by atoms with Gasteiger partial charge in [-0.25, -0.2) is 0 Å². The van der Waals surface area contributed by atoms with Crippen molar-refractivity contribution in [2.75, 3.05) is 13.7 Å². The summed E-state index contributed by atoms with van der Waals surface area (Å²) in [7, 11) is 1.70. The second-order valence-corrected chi connectivity index (χ2v) is 5.91. The molecule has 0 aliphatic heterocycles. The van der Waals surface area contributed by atoms with Gasteiger partial charge in [-0.05, 0) is 56.4 Å². The van der Waals surface area contributed by atoms with Crippen LogP contribution in [-0.2, 0) is 11.2 Å². The molecule has 1 aliphatic carbocycles.